The summed E-state index contributed by atoms with van der Waals surface area (Å²) in [6.07, 6.45) is 6.01. The molecule has 0 radical (unpaired) electrons. The number of nitrogens with one attached hydrogen (secondary N) is 2. The van der Waals surface area contributed by atoms with Crippen LogP contribution in [0.2, 0.25) is 0 Å². The van der Waals surface area contributed by atoms with Crippen LogP contribution in [-0.4, -0.2) is 61.0 Å². The van der Waals surface area contributed by atoms with Crippen LogP contribution >= 0.6 is 0 Å². The molecule has 1 aliphatic carbocycles. The first-order valence-electron chi connectivity index (χ1n) is 9.28. The molecule has 3 amide bonds. The Labute approximate surface area is 158 Å². The Morgan fingerprint density at radius 1 is 1.11 bits per heavy atom. The molecule has 1 fully saturated rings. The highest BCUT2D eigenvalue weighted by atomic mass is 16.5. The molecule has 0 saturated carbocycles. The van der Waals surface area contributed by atoms with Crippen molar-refractivity contribution in [2.75, 3.05) is 26.3 Å². The second-order valence-corrected chi connectivity index (χ2v) is 6.78. The summed E-state index contributed by atoms with van der Waals surface area (Å²) in [6, 6.07) is 8.59. The Morgan fingerprint density at radius 2 is 1.85 bits per heavy atom. The zero-order valence-corrected chi connectivity index (χ0v) is 15.2. The number of carbonyl (C=O) groups excluding carboxylic acids is 3. The number of hydrogen-bond donors (Lipinski definition) is 2. The van der Waals surface area contributed by atoms with Crippen LogP contribution in [0.1, 0.15) is 29.6 Å². The lowest BCUT2D eigenvalue weighted by Gasteiger charge is -2.35. The standard InChI is InChI=1S/C20H25N3O4/c24-18(22-16-8-4-5-9-16)12-17-14-27-11-10-23(17)19(25)13-21-20(26)15-6-2-1-3-7-15/h1-7,16-17H,8-14H2,(H,21,26)(H,22,24)/t17-/m1/s1. The number of hydrogen-bond acceptors (Lipinski definition) is 4. The lowest BCUT2D eigenvalue weighted by molar-refractivity contribution is -0.140. The number of benzene rings is 1. The van der Waals surface area contributed by atoms with Crippen molar-refractivity contribution in [1.29, 1.82) is 0 Å². The summed E-state index contributed by atoms with van der Waals surface area (Å²) in [5.74, 6) is -0.575. The molecule has 2 aliphatic rings. The molecule has 27 heavy (non-hydrogen) atoms. The molecular formula is C20H25N3O4. The van der Waals surface area contributed by atoms with E-state index < -0.39 is 0 Å². The Balaban J connectivity index is 1.50. The molecule has 0 bridgehead atoms. The van der Waals surface area contributed by atoms with Gasteiger partial charge in [-0.05, 0) is 25.0 Å². The quantitative estimate of drug-likeness (QED) is 0.727. The van der Waals surface area contributed by atoms with Crippen molar-refractivity contribution in [3.8, 4) is 0 Å². The monoisotopic (exact) mass is 371 g/mol. The van der Waals surface area contributed by atoms with E-state index in [0.29, 0.717) is 25.3 Å². The second-order valence-electron chi connectivity index (χ2n) is 6.78. The average molecular weight is 371 g/mol. The first-order chi connectivity index (χ1) is 13.1. The number of morpholine rings is 1. The summed E-state index contributed by atoms with van der Waals surface area (Å²) in [7, 11) is 0. The highest BCUT2D eigenvalue weighted by molar-refractivity contribution is 5.96. The molecule has 7 nitrogen and oxygen atoms in total. The minimum absolute atomic E-state index is 0.0784. The minimum Gasteiger partial charge on any atom is -0.377 e. The highest BCUT2D eigenvalue weighted by Gasteiger charge is 2.29. The fraction of sp³-hybridized carbons (Fsp3) is 0.450. The molecule has 7 heteroatoms. The molecule has 0 unspecified atom stereocenters. The van der Waals surface area contributed by atoms with Crippen LogP contribution in [0.4, 0.5) is 0 Å². The van der Waals surface area contributed by atoms with Gasteiger partial charge in [0.1, 0.15) is 0 Å². The summed E-state index contributed by atoms with van der Waals surface area (Å²) in [5.41, 5.74) is 0.508. The zero-order chi connectivity index (χ0) is 19.1. The van der Waals surface area contributed by atoms with Crippen molar-refractivity contribution in [3.63, 3.8) is 0 Å². The molecule has 0 aromatic heterocycles. The van der Waals surface area contributed by atoms with Gasteiger partial charge >= 0.3 is 0 Å². The van der Waals surface area contributed by atoms with E-state index in [1.807, 2.05) is 6.07 Å². The predicted octanol–water partition coefficient (Wildman–Crippen LogP) is 0.869. The van der Waals surface area contributed by atoms with Crippen LogP contribution in [0.5, 0.6) is 0 Å². The maximum absolute atomic E-state index is 12.6. The summed E-state index contributed by atoms with van der Waals surface area (Å²) < 4.78 is 5.45. The fourth-order valence-electron chi connectivity index (χ4n) is 3.34. The number of carbonyl (C=O) groups is 3. The van der Waals surface area contributed by atoms with Crippen molar-refractivity contribution in [2.45, 2.75) is 31.3 Å². The minimum atomic E-state index is -0.311. The van der Waals surface area contributed by atoms with Gasteiger partial charge < -0.3 is 20.3 Å². The summed E-state index contributed by atoms with van der Waals surface area (Å²) in [5, 5.41) is 5.64. The summed E-state index contributed by atoms with van der Waals surface area (Å²) in [4.78, 5) is 38.6. The lowest BCUT2D eigenvalue weighted by Crippen LogP contribution is -2.53. The van der Waals surface area contributed by atoms with Crippen LogP contribution in [0.15, 0.2) is 42.5 Å². The highest BCUT2D eigenvalue weighted by Crippen LogP contribution is 2.13. The number of nitrogens with zero attached hydrogens (tertiary/aromatic N) is 1. The van der Waals surface area contributed by atoms with Gasteiger partial charge in [0.05, 0.1) is 25.8 Å². The number of amides is 3. The number of rotatable bonds is 6. The third-order valence-electron chi connectivity index (χ3n) is 4.78. The van der Waals surface area contributed by atoms with E-state index in [4.69, 9.17) is 4.74 Å². The molecule has 1 saturated heterocycles. The fourth-order valence-corrected chi connectivity index (χ4v) is 3.34. The van der Waals surface area contributed by atoms with Crippen molar-refractivity contribution < 1.29 is 19.1 Å². The van der Waals surface area contributed by atoms with Crippen LogP contribution in [0.25, 0.3) is 0 Å². The summed E-state index contributed by atoms with van der Waals surface area (Å²) in [6.45, 7) is 1.08. The van der Waals surface area contributed by atoms with Crippen molar-refractivity contribution >= 4 is 17.7 Å². The van der Waals surface area contributed by atoms with Gasteiger partial charge in [0.15, 0.2) is 0 Å². The van der Waals surface area contributed by atoms with E-state index in [1.165, 1.54) is 0 Å². The van der Waals surface area contributed by atoms with Gasteiger partial charge in [-0.3, -0.25) is 14.4 Å². The Bertz CT molecular complexity index is 696. The smallest absolute Gasteiger partial charge is 0.251 e. The van der Waals surface area contributed by atoms with Gasteiger partial charge in [-0.25, -0.2) is 0 Å². The van der Waals surface area contributed by atoms with Crippen LogP contribution in [-0.2, 0) is 14.3 Å². The largest absolute Gasteiger partial charge is 0.377 e. The Morgan fingerprint density at radius 3 is 2.59 bits per heavy atom. The van der Waals surface area contributed by atoms with Gasteiger partial charge in [0.2, 0.25) is 11.8 Å². The topological polar surface area (TPSA) is 87.7 Å². The van der Waals surface area contributed by atoms with E-state index in [0.717, 1.165) is 12.8 Å². The maximum atomic E-state index is 12.6. The number of ether oxygens (including phenoxy) is 1. The molecule has 1 aromatic carbocycles. The first-order valence-corrected chi connectivity index (χ1v) is 9.28. The lowest BCUT2D eigenvalue weighted by atomic mass is 10.1. The van der Waals surface area contributed by atoms with E-state index in [-0.39, 0.29) is 42.8 Å². The van der Waals surface area contributed by atoms with Crippen LogP contribution in [0.3, 0.4) is 0 Å². The first kappa shape index (κ1) is 19.1. The predicted molar refractivity (Wildman–Crippen MR) is 100 cm³/mol. The zero-order valence-electron chi connectivity index (χ0n) is 15.2. The van der Waals surface area contributed by atoms with Crippen LogP contribution < -0.4 is 10.6 Å². The van der Waals surface area contributed by atoms with E-state index in [2.05, 4.69) is 22.8 Å². The van der Waals surface area contributed by atoms with Crippen LogP contribution in [0, 0.1) is 0 Å². The molecule has 1 aromatic rings. The SMILES string of the molecule is O=C(C[C@@H]1COCCN1C(=O)CNC(=O)c1ccccc1)NC1CC=CC1. The van der Waals surface area contributed by atoms with Crippen molar-refractivity contribution in [3.05, 3.63) is 48.0 Å². The Kier molecular flexibility index (Phi) is 6.59. The van der Waals surface area contributed by atoms with Crippen molar-refractivity contribution in [2.24, 2.45) is 0 Å². The molecule has 3 rings (SSSR count). The van der Waals surface area contributed by atoms with Gasteiger partial charge in [-0.2, -0.15) is 0 Å². The maximum Gasteiger partial charge on any atom is 0.251 e. The second kappa shape index (κ2) is 9.32. The third-order valence-corrected chi connectivity index (χ3v) is 4.78. The molecule has 1 atom stereocenters. The molecule has 144 valence electrons. The average Bonchev–Trinajstić information content (AvgIpc) is 3.19. The van der Waals surface area contributed by atoms with E-state index >= 15 is 0 Å². The Hall–Kier alpha value is -2.67. The molecule has 2 N–H and O–H groups in total. The third kappa shape index (κ3) is 5.40. The van der Waals surface area contributed by atoms with Crippen molar-refractivity contribution in [1.82, 2.24) is 15.5 Å². The van der Waals surface area contributed by atoms with Gasteiger partial charge in [-0.1, -0.05) is 30.4 Å². The van der Waals surface area contributed by atoms with Gasteiger partial charge in [0, 0.05) is 24.6 Å². The van der Waals surface area contributed by atoms with E-state index in [9.17, 15) is 14.4 Å². The summed E-state index contributed by atoms with van der Waals surface area (Å²) >= 11 is 0. The molecule has 0 spiro atoms. The normalized spacial score (nSPS) is 19.7. The van der Waals surface area contributed by atoms with Gasteiger partial charge in [-0.15, -0.1) is 0 Å². The molecule has 1 heterocycles. The van der Waals surface area contributed by atoms with Gasteiger partial charge in [0.25, 0.3) is 5.91 Å². The molecule has 1 aliphatic heterocycles. The van der Waals surface area contributed by atoms with E-state index in [1.54, 1.807) is 29.2 Å². The molecular weight excluding hydrogens is 346 g/mol.